The van der Waals surface area contributed by atoms with Crippen LogP contribution in [0.5, 0.6) is 0 Å². The van der Waals surface area contributed by atoms with Gasteiger partial charge in [0.25, 0.3) is 0 Å². The number of carbonyl (C=O) groups excluding carboxylic acids is 1. The van der Waals surface area contributed by atoms with E-state index in [0.717, 1.165) is 88.4 Å². The van der Waals surface area contributed by atoms with Crippen molar-refractivity contribution < 1.29 is 9.53 Å². The Hall–Kier alpha value is -2.45. The molecule has 0 spiro atoms. The Balaban J connectivity index is 1.74. The number of aryl methyl sites for hydroxylation is 1. The van der Waals surface area contributed by atoms with Crippen LogP contribution in [0, 0.1) is 0 Å². The fourth-order valence-electron chi connectivity index (χ4n) is 4.38. The van der Waals surface area contributed by atoms with Crippen LogP contribution in [0.2, 0.25) is 0 Å². The molecule has 1 unspecified atom stereocenters. The van der Waals surface area contributed by atoms with E-state index in [-0.39, 0.29) is 12.1 Å². The predicted octanol–water partition coefficient (Wildman–Crippen LogP) is 3.45. The highest BCUT2D eigenvalue weighted by molar-refractivity contribution is 5.99. The number of nitrogens with one attached hydrogen (secondary N) is 1. The second-order valence-electron chi connectivity index (χ2n) is 8.54. The Morgan fingerprint density at radius 2 is 2.00 bits per heavy atom. The molecule has 0 bridgehead atoms. The zero-order chi connectivity index (χ0) is 22.8. The van der Waals surface area contributed by atoms with Crippen molar-refractivity contribution in [2.75, 3.05) is 51.3 Å². The summed E-state index contributed by atoms with van der Waals surface area (Å²) in [6.07, 6.45) is 6.10. The Morgan fingerprint density at radius 3 is 2.69 bits per heavy atom. The topological polar surface area (TPSA) is 95.5 Å². The van der Waals surface area contributed by atoms with Crippen LogP contribution in [0.3, 0.4) is 0 Å². The number of nitrogens with zero attached hydrogens (tertiary/aromatic N) is 4. The summed E-state index contributed by atoms with van der Waals surface area (Å²) < 4.78 is 5.43. The first-order valence-electron chi connectivity index (χ1n) is 11.9. The molecule has 8 heteroatoms. The van der Waals surface area contributed by atoms with E-state index in [2.05, 4.69) is 52.6 Å². The number of rotatable bonds is 10. The molecule has 176 valence electrons. The molecule has 2 aliphatic rings. The van der Waals surface area contributed by atoms with Crippen molar-refractivity contribution in [2.24, 2.45) is 16.2 Å². The third-order valence-corrected chi connectivity index (χ3v) is 5.98. The van der Waals surface area contributed by atoms with E-state index in [0.29, 0.717) is 6.42 Å². The number of ether oxygens (including phenoxy) is 1. The maximum Gasteiger partial charge on any atom is 0.249 e. The quantitative estimate of drug-likeness (QED) is 0.329. The number of fused-ring (bicyclic) bond motifs is 1. The Morgan fingerprint density at radius 1 is 1.25 bits per heavy atom. The molecule has 0 aromatic heterocycles. The van der Waals surface area contributed by atoms with Crippen LogP contribution in [0.15, 0.2) is 34.1 Å². The molecule has 1 aromatic carbocycles. The summed E-state index contributed by atoms with van der Waals surface area (Å²) in [4.78, 5) is 17.7. The molecule has 2 heterocycles. The lowest BCUT2D eigenvalue weighted by Crippen LogP contribution is -2.36. The van der Waals surface area contributed by atoms with Gasteiger partial charge in [0.2, 0.25) is 5.91 Å². The zero-order valence-electron chi connectivity index (χ0n) is 19.6. The summed E-state index contributed by atoms with van der Waals surface area (Å²) in [5.74, 6) is 5.44. The number of morpholine rings is 1. The third-order valence-electron chi connectivity index (χ3n) is 5.98. The van der Waals surface area contributed by atoms with Crippen molar-refractivity contribution >= 4 is 17.7 Å². The number of benzene rings is 1. The molecule has 1 aromatic rings. The number of anilines is 1. The lowest BCUT2D eigenvalue weighted by Gasteiger charge is -2.26. The molecule has 3 N–H and O–H groups in total. The number of hydrogen-bond acceptors (Lipinski definition) is 6. The van der Waals surface area contributed by atoms with E-state index in [4.69, 9.17) is 10.6 Å². The average molecular weight is 443 g/mol. The Bertz CT molecular complexity index is 798. The molecule has 1 atom stereocenters. The van der Waals surface area contributed by atoms with Crippen LogP contribution in [-0.2, 0) is 16.0 Å². The Labute approximate surface area is 191 Å². The molecule has 32 heavy (non-hydrogen) atoms. The second-order valence-corrected chi connectivity index (χ2v) is 8.54. The summed E-state index contributed by atoms with van der Waals surface area (Å²) in [6.45, 7) is 10.5. The van der Waals surface area contributed by atoms with Gasteiger partial charge in [-0.2, -0.15) is 0 Å². The van der Waals surface area contributed by atoms with Crippen molar-refractivity contribution in [3.05, 3.63) is 34.9 Å². The van der Waals surface area contributed by atoms with E-state index in [9.17, 15) is 4.79 Å². The molecular weight excluding hydrogens is 404 g/mol. The highest BCUT2D eigenvalue weighted by atomic mass is 16.5. The van der Waals surface area contributed by atoms with Crippen LogP contribution in [0.25, 0.3) is 6.08 Å². The van der Waals surface area contributed by atoms with Gasteiger partial charge in [-0.25, -0.2) is 0 Å². The molecule has 0 radical (unpaired) electrons. The summed E-state index contributed by atoms with van der Waals surface area (Å²) in [7, 11) is 0. The molecular formula is C24H38N6O2. The molecule has 1 saturated heterocycles. The minimum Gasteiger partial charge on any atom is -0.379 e. The van der Waals surface area contributed by atoms with E-state index in [1.807, 2.05) is 11.0 Å². The molecule has 8 nitrogen and oxygen atoms in total. The minimum atomic E-state index is -0.356. The first-order chi connectivity index (χ1) is 15.6. The van der Waals surface area contributed by atoms with Crippen molar-refractivity contribution in [1.29, 1.82) is 0 Å². The smallest absolute Gasteiger partial charge is 0.249 e. The maximum absolute atomic E-state index is 13.3. The standard InChI is InChI=1S/C24H38N6O2/c1-3-9-30(10-4-2)24(31)21-17-20-8-7-19(6-5-11-29-12-14-32-15-13-29)16-22(20)26-23(18-21)27-28-25/h7-8,16-17,23,26H,3-6,9-15,18H2,1-2H3,(H2,25,27). The van der Waals surface area contributed by atoms with Gasteiger partial charge >= 0.3 is 0 Å². The first-order valence-corrected chi connectivity index (χ1v) is 11.9. The van der Waals surface area contributed by atoms with Crippen LogP contribution in [-0.4, -0.2) is 67.8 Å². The van der Waals surface area contributed by atoms with Crippen LogP contribution >= 0.6 is 0 Å². The highest BCUT2D eigenvalue weighted by Crippen LogP contribution is 2.29. The summed E-state index contributed by atoms with van der Waals surface area (Å²) in [6, 6.07) is 6.44. The molecule has 0 saturated carbocycles. The monoisotopic (exact) mass is 442 g/mol. The maximum atomic E-state index is 13.3. The van der Waals surface area contributed by atoms with Crippen molar-refractivity contribution in [1.82, 2.24) is 9.80 Å². The van der Waals surface area contributed by atoms with Gasteiger partial charge in [-0.05, 0) is 55.5 Å². The molecule has 1 fully saturated rings. The average Bonchev–Trinajstić information content (AvgIpc) is 2.98. The fourth-order valence-corrected chi connectivity index (χ4v) is 4.38. The van der Waals surface area contributed by atoms with Gasteiger partial charge in [0.15, 0.2) is 0 Å². The van der Waals surface area contributed by atoms with Gasteiger partial charge in [-0.1, -0.05) is 31.2 Å². The zero-order valence-corrected chi connectivity index (χ0v) is 19.6. The Kier molecular flexibility index (Phi) is 9.49. The van der Waals surface area contributed by atoms with E-state index in [1.165, 1.54) is 5.56 Å². The number of carbonyl (C=O) groups is 1. The minimum absolute atomic E-state index is 0.0789. The van der Waals surface area contributed by atoms with Crippen LogP contribution in [0.4, 0.5) is 5.69 Å². The normalized spacial score (nSPS) is 19.2. The molecule has 2 aliphatic heterocycles. The molecule has 0 aliphatic carbocycles. The van der Waals surface area contributed by atoms with Gasteiger partial charge in [0.05, 0.1) is 13.2 Å². The van der Waals surface area contributed by atoms with Crippen molar-refractivity contribution in [3.63, 3.8) is 0 Å². The van der Waals surface area contributed by atoms with Crippen molar-refractivity contribution in [2.45, 2.75) is 52.1 Å². The summed E-state index contributed by atoms with van der Waals surface area (Å²) >= 11 is 0. The van der Waals surface area contributed by atoms with E-state index >= 15 is 0 Å². The number of amides is 1. The van der Waals surface area contributed by atoms with Gasteiger partial charge in [-0.3, -0.25) is 9.69 Å². The summed E-state index contributed by atoms with van der Waals surface area (Å²) in [5.41, 5.74) is 4.00. The summed E-state index contributed by atoms with van der Waals surface area (Å²) in [5, 5.41) is 11.1. The molecule has 1 amide bonds. The van der Waals surface area contributed by atoms with E-state index in [1.54, 1.807) is 0 Å². The number of hydrogen-bond donors (Lipinski definition) is 2. The first kappa shape index (κ1) is 24.2. The van der Waals surface area contributed by atoms with Crippen LogP contribution < -0.4 is 11.2 Å². The van der Waals surface area contributed by atoms with Crippen LogP contribution in [0.1, 0.15) is 50.7 Å². The molecule has 3 rings (SSSR count). The number of nitrogens with two attached hydrogens (primary N) is 1. The van der Waals surface area contributed by atoms with Crippen molar-refractivity contribution in [3.8, 4) is 0 Å². The van der Waals surface area contributed by atoms with Gasteiger partial charge in [-0.15, -0.1) is 5.11 Å². The second kappa shape index (κ2) is 12.6. The third kappa shape index (κ3) is 6.77. The highest BCUT2D eigenvalue weighted by Gasteiger charge is 2.24. The predicted molar refractivity (Wildman–Crippen MR) is 128 cm³/mol. The SMILES string of the molecule is CCCN(CCC)C(=O)C1=Cc2ccc(CCCN3CCOCC3)cc2NC(N=NN)C1. The lowest BCUT2D eigenvalue weighted by atomic mass is 10.0. The largest absolute Gasteiger partial charge is 0.379 e. The fraction of sp³-hybridized carbons (Fsp3) is 0.625. The lowest BCUT2D eigenvalue weighted by molar-refractivity contribution is -0.127. The van der Waals surface area contributed by atoms with Gasteiger partial charge in [0, 0.05) is 43.9 Å². The van der Waals surface area contributed by atoms with E-state index < -0.39 is 0 Å². The van der Waals surface area contributed by atoms with Gasteiger partial charge in [0.1, 0.15) is 6.17 Å². The van der Waals surface area contributed by atoms with Gasteiger partial charge < -0.3 is 20.8 Å².